The van der Waals surface area contributed by atoms with E-state index in [1.54, 1.807) is 36.2 Å². The van der Waals surface area contributed by atoms with Gasteiger partial charge in [-0.1, -0.05) is 12.1 Å². The van der Waals surface area contributed by atoms with Gasteiger partial charge in [0.15, 0.2) is 0 Å². The summed E-state index contributed by atoms with van der Waals surface area (Å²) in [6.07, 6.45) is -2.83. The Morgan fingerprint density at radius 2 is 1.77 bits per heavy atom. The minimum atomic E-state index is -4.66. The number of aromatic nitrogens is 1. The molecule has 1 aliphatic heterocycles. The summed E-state index contributed by atoms with van der Waals surface area (Å²) in [7, 11) is 1.75. The second-order valence-corrected chi connectivity index (χ2v) is 9.58. The van der Waals surface area contributed by atoms with E-state index >= 15 is 4.39 Å². The van der Waals surface area contributed by atoms with E-state index in [-0.39, 0.29) is 43.2 Å². The lowest BCUT2D eigenvalue weighted by atomic mass is 9.72. The van der Waals surface area contributed by atoms with E-state index in [9.17, 15) is 22.4 Å². The van der Waals surface area contributed by atoms with Crippen molar-refractivity contribution in [1.82, 2.24) is 15.6 Å². The lowest BCUT2D eigenvalue weighted by Crippen LogP contribution is -2.52. The smallest absolute Gasteiger partial charge is 0.416 e. The summed E-state index contributed by atoms with van der Waals surface area (Å²) in [5, 5.41) is 5.83. The van der Waals surface area contributed by atoms with Gasteiger partial charge in [-0.25, -0.2) is 8.78 Å². The topological polar surface area (TPSA) is 66.5 Å². The number of benzene rings is 2. The van der Waals surface area contributed by atoms with Gasteiger partial charge in [0.05, 0.1) is 23.3 Å². The summed E-state index contributed by atoms with van der Waals surface area (Å²) in [5.74, 6) is -1.46. The van der Waals surface area contributed by atoms with Crippen LogP contribution in [0.15, 0.2) is 54.7 Å². The van der Waals surface area contributed by atoms with Gasteiger partial charge < -0.3 is 20.3 Å². The first kappa shape index (κ1) is 29.3. The number of carbonyl (C=O) groups excluding carboxylic acids is 1. The fourth-order valence-electron chi connectivity index (χ4n) is 5.03. The Kier molecular flexibility index (Phi) is 8.92. The lowest BCUT2D eigenvalue weighted by Gasteiger charge is -2.42. The third-order valence-electron chi connectivity index (χ3n) is 7.16. The number of alkyl halides is 3. The molecule has 4 rings (SSSR count). The molecule has 6 nitrogen and oxygen atoms in total. The highest BCUT2D eigenvalue weighted by Crippen LogP contribution is 2.40. The number of hydrogen-bond acceptors (Lipinski definition) is 5. The van der Waals surface area contributed by atoms with Gasteiger partial charge in [-0.3, -0.25) is 9.78 Å². The Morgan fingerprint density at radius 1 is 1.05 bits per heavy atom. The average Bonchev–Trinajstić information content (AvgIpc) is 2.93. The van der Waals surface area contributed by atoms with Gasteiger partial charge in [-0.2, -0.15) is 13.2 Å². The Bertz CT molecular complexity index is 1340. The number of rotatable bonds is 9. The number of ether oxygens (including phenoxy) is 1. The van der Waals surface area contributed by atoms with Crippen LogP contribution < -0.4 is 20.3 Å². The van der Waals surface area contributed by atoms with Gasteiger partial charge in [0.25, 0.3) is 0 Å². The van der Waals surface area contributed by atoms with Crippen molar-refractivity contribution in [3.8, 4) is 17.0 Å². The van der Waals surface area contributed by atoms with E-state index in [1.165, 1.54) is 12.3 Å². The number of piperidine rings is 1. The lowest BCUT2D eigenvalue weighted by molar-refractivity contribution is -0.137. The molecule has 1 amide bonds. The number of amides is 1. The fourth-order valence-corrected chi connectivity index (χ4v) is 5.03. The maximum Gasteiger partial charge on any atom is 0.416 e. The average molecular weight is 563 g/mol. The zero-order valence-corrected chi connectivity index (χ0v) is 22.2. The number of anilines is 1. The van der Waals surface area contributed by atoms with Crippen molar-refractivity contribution in [3.05, 3.63) is 77.5 Å². The predicted molar refractivity (Wildman–Crippen MR) is 142 cm³/mol. The van der Waals surface area contributed by atoms with E-state index in [1.807, 2.05) is 6.92 Å². The third kappa shape index (κ3) is 6.04. The molecule has 11 heteroatoms. The zero-order chi connectivity index (χ0) is 28.9. The molecule has 214 valence electrons. The maximum atomic E-state index is 15.6. The molecule has 2 heterocycles. The molecule has 2 aromatic carbocycles. The SMILES string of the molecule is CCOc1ccccc1-c1ncc(C2(C(=O)NCCNC)CCN(c3ccc(C(F)(F)F)cc3F)CC2)cc1F. The summed E-state index contributed by atoms with van der Waals surface area (Å²) in [5.41, 5.74) is -1.28. The van der Waals surface area contributed by atoms with Crippen molar-refractivity contribution in [3.63, 3.8) is 0 Å². The van der Waals surface area contributed by atoms with Crippen molar-refractivity contribution in [1.29, 1.82) is 0 Å². The number of halogens is 5. The van der Waals surface area contributed by atoms with Crippen LogP contribution in [0.3, 0.4) is 0 Å². The van der Waals surface area contributed by atoms with Gasteiger partial charge >= 0.3 is 6.18 Å². The standard InChI is InChI=1S/C29H31F5N4O2/c1-3-40-25-7-5-4-6-21(25)26-23(31)17-20(18-37-26)28(27(39)36-13-12-35-2)10-14-38(15-11-28)24-9-8-19(16-22(24)30)29(32,33)34/h4-9,16-18,35H,3,10-15H2,1-2H3,(H,36,39). The summed E-state index contributed by atoms with van der Waals surface area (Å²) >= 11 is 0. The second-order valence-electron chi connectivity index (χ2n) is 9.58. The Labute approximate surface area is 229 Å². The first-order valence-corrected chi connectivity index (χ1v) is 13.0. The number of hydrogen-bond donors (Lipinski definition) is 2. The number of nitrogens with zero attached hydrogens (tertiary/aromatic N) is 2. The van der Waals surface area contributed by atoms with Gasteiger partial charge in [-0.05, 0) is 68.8 Å². The van der Waals surface area contributed by atoms with Crippen molar-refractivity contribution < 1.29 is 31.5 Å². The summed E-state index contributed by atoms with van der Waals surface area (Å²) in [6, 6.07) is 10.7. The summed E-state index contributed by atoms with van der Waals surface area (Å²) < 4.78 is 74.9. The Morgan fingerprint density at radius 3 is 2.40 bits per heavy atom. The second kappa shape index (κ2) is 12.2. The van der Waals surface area contributed by atoms with Crippen LogP contribution in [0.2, 0.25) is 0 Å². The van der Waals surface area contributed by atoms with Crippen molar-refractivity contribution in [2.45, 2.75) is 31.4 Å². The fraction of sp³-hybridized carbons (Fsp3) is 0.379. The van der Waals surface area contributed by atoms with Crippen LogP contribution >= 0.6 is 0 Å². The van der Waals surface area contributed by atoms with Crippen molar-refractivity contribution >= 4 is 11.6 Å². The first-order chi connectivity index (χ1) is 19.1. The monoisotopic (exact) mass is 562 g/mol. The number of nitrogens with one attached hydrogen (secondary N) is 2. The molecular formula is C29H31F5N4O2. The van der Waals surface area contributed by atoms with Crippen LogP contribution in [-0.4, -0.2) is 50.7 Å². The van der Waals surface area contributed by atoms with Crippen LogP contribution in [0.5, 0.6) is 5.75 Å². The molecule has 0 radical (unpaired) electrons. The van der Waals surface area contributed by atoms with Gasteiger partial charge in [0.1, 0.15) is 23.1 Å². The minimum Gasteiger partial charge on any atom is -0.493 e. The molecule has 0 unspecified atom stereocenters. The van der Waals surface area contributed by atoms with E-state index in [0.717, 1.165) is 12.1 Å². The molecule has 0 spiro atoms. The molecule has 3 aromatic rings. The van der Waals surface area contributed by atoms with E-state index in [2.05, 4.69) is 15.6 Å². The van der Waals surface area contributed by atoms with Crippen LogP contribution in [0.25, 0.3) is 11.3 Å². The highest BCUT2D eigenvalue weighted by Gasteiger charge is 2.44. The van der Waals surface area contributed by atoms with Gasteiger partial charge in [0.2, 0.25) is 5.91 Å². The number of pyridine rings is 1. The van der Waals surface area contributed by atoms with E-state index in [4.69, 9.17) is 4.74 Å². The number of likely N-dealkylation sites (N-methyl/N-ethyl adjacent to an activating group) is 1. The van der Waals surface area contributed by atoms with Crippen molar-refractivity contribution in [2.75, 3.05) is 44.7 Å². The molecule has 40 heavy (non-hydrogen) atoms. The largest absolute Gasteiger partial charge is 0.493 e. The minimum absolute atomic E-state index is 0.0179. The maximum absolute atomic E-state index is 15.6. The Balaban J connectivity index is 1.65. The van der Waals surface area contributed by atoms with Crippen molar-refractivity contribution in [2.24, 2.45) is 0 Å². The van der Waals surface area contributed by atoms with E-state index in [0.29, 0.717) is 42.6 Å². The van der Waals surface area contributed by atoms with Crippen LogP contribution in [0.4, 0.5) is 27.6 Å². The molecule has 0 bridgehead atoms. The van der Waals surface area contributed by atoms with Crippen LogP contribution in [0, 0.1) is 11.6 Å². The molecule has 2 N–H and O–H groups in total. The number of carbonyl (C=O) groups is 1. The Hall–Kier alpha value is -3.73. The predicted octanol–water partition coefficient (Wildman–Crippen LogP) is 5.32. The summed E-state index contributed by atoms with van der Waals surface area (Å²) in [4.78, 5) is 19.5. The first-order valence-electron chi connectivity index (χ1n) is 13.0. The van der Waals surface area contributed by atoms with Gasteiger partial charge in [-0.15, -0.1) is 0 Å². The molecule has 1 aromatic heterocycles. The summed E-state index contributed by atoms with van der Waals surface area (Å²) in [6.45, 7) is 3.40. The molecule has 0 aliphatic carbocycles. The molecule has 0 saturated carbocycles. The molecule has 1 aliphatic rings. The highest BCUT2D eigenvalue weighted by atomic mass is 19.4. The zero-order valence-electron chi connectivity index (χ0n) is 22.2. The number of para-hydroxylation sites is 1. The molecular weight excluding hydrogens is 531 g/mol. The molecule has 1 fully saturated rings. The molecule has 1 saturated heterocycles. The van der Waals surface area contributed by atoms with Crippen LogP contribution in [-0.2, 0) is 16.4 Å². The normalized spacial score (nSPS) is 15.1. The molecule has 0 atom stereocenters. The third-order valence-corrected chi connectivity index (χ3v) is 7.16. The van der Waals surface area contributed by atoms with Gasteiger partial charge in [0, 0.05) is 37.9 Å². The highest BCUT2D eigenvalue weighted by molar-refractivity contribution is 5.89. The quantitative estimate of drug-likeness (QED) is 0.273. The van der Waals surface area contributed by atoms with E-state index < -0.39 is 28.8 Å². The van der Waals surface area contributed by atoms with Crippen LogP contribution in [0.1, 0.15) is 30.9 Å².